The number of methoxy groups -OCH3 is 1. The minimum Gasteiger partial charge on any atom is -0.496 e. The van der Waals surface area contributed by atoms with Gasteiger partial charge in [0.25, 0.3) is 11.6 Å². The highest BCUT2D eigenvalue weighted by atomic mass is 35.5. The van der Waals surface area contributed by atoms with Crippen molar-refractivity contribution < 1.29 is 14.5 Å². The van der Waals surface area contributed by atoms with E-state index in [1.165, 1.54) is 25.3 Å². The van der Waals surface area contributed by atoms with Crippen LogP contribution in [0.2, 0.25) is 0 Å². The van der Waals surface area contributed by atoms with Gasteiger partial charge in [0.15, 0.2) is 0 Å². The number of amides is 1. The third-order valence-corrected chi connectivity index (χ3v) is 3.50. The number of nitrogens with zero attached hydrogens (tertiary/aromatic N) is 1. The highest BCUT2D eigenvalue weighted by Gasteiger charge is 2.17. The molecule has 6 nitrogen and oxygen atoms in total. The van der Waals surface area contributed by atoms with Crippen molar-refractivity contribution in [2.75, 3.05) is 19.5 Å². The Labute approximate surface area is 128 Å². The highest BCUT2D eigenvalue weighted by Crippen LogP contribution is 2.24. The second kappa shape index (κ2) is 8.46. The number of carbonyl (C=O) groups is 1. The first-order valence-corrected chi connectivity index (χ1v) is 7.23. The number of non-ortho nitro benzene ring substituents is 1. The van der Waals surface area contributed by atoms with Crippen LogP contribution < -0.4 is 10.1 Å². The molecule has 0 radical (unpaired) electrons. The molecule has 1 unspecified atom stereocenters. The summed E-state index contributed by atoms with van der Waals surface area (Å²) < 4.78 is 5.05. The lowest BCUT2D eigenvalue weighted by atomic mass is 10.0. The van der Waals surface area contributed by atoms with Crippen LogP contribution in [-0.4, -0.2) is 30.4 Å². The predicted molar refractivity (Wildman–Crippen MR) is 81.1 cm³/mol. The largest absolute Gasteiger partial charge is 0.496 e. The normalized spacial score (nSPS) is 11.8. The zero-order valence-electron chi connectivity index (χ0n) is 12.1. The van der Waals surface area contributed by atoms with Crippen molar-refractivity contribution >= 4 is 23.2 Å². The predicted octanol–water partition coefficient (Wildman–Crippen LogP) is 2.99. The van der Waals surface area contributed by atoms with Gasteiger partial charge in [0.1, 0.15) is 5.75 Å². The summed E-state index contributed by atoms with van der Waals surface area (Å²) in [5.41, 5.74) is 0.167. The van der Waals surface area contributed by atoms with Gasteiger partial charge in [-0.05, 0) is 18.4 Å². The fraction of sp³-hybridized carbons (Fsp3) is 0.500. The minimum absolute atomic E-state index is 0.114. The van der Waals surface area contributed by atoms with Crippen LogP contribution in [0, 0.1) is 16.0 Å². The number of nitro groups is 1. The molecule has 0 saturated carbocycles. The molecule has 1 aromatic carbocycles. The van der Waals surface area contributed by atoms with Gasteiger partial charge in [0.2, 0.25) is 0 Å². The van der Waals surface area contributed by atoms with Crippen LogP contribution in [0.1, 0.15) is 30.1 Å². The van der Waals surface area contributed by atoms with Crippen molar-refractivity contribution in [1.82, 2.24) is 5.32 Å². The van der Waals surface area contributed by atoms with Crippen LogP contribution in [0.4, 0.5) is 5.69 Å². The van der Waals surface area contributed by atoms with E-state index in [1.807, 2.05) is 6.92 Å². The van der Waals surface area contributed by atoms with Gasteiger partial charge < -0.3 is 10.1 Å². The molecule has 0 aliphatic heterocycles. The summed E-state index contributed by atoms with van der Waals surface area (Å²) in [6.45, 7) is 2.55. The van der Waals surface area contributed by atoms with Crippen molar-refractivity contribution in [2.24, 2.45) is 5.92 Å². The number of ether oxygens (including phenoxy) is 1. The number of benzene rings is 1. The van der Waals surface area contributed by atoms with Gasteiger partial charge in [0, 0.05) is 18.5 Å². The summed E-state index contributed by atoms with van der Waals surface area (Å²) in [6.07, 6.45) is 1.75. The molecule has 116 valence electrons. The Hall–Kier alpha value is -1.82. The third kappa shape index (κ3) is 4.90. The van der Waals surface area contributed by atoms with E-state index in [0.717, 1.165) is 12.8 Å². The van der Waals surface area contributed by atoms with Crippen LogP contribution in [0.5, 0.6) is 5.75 Å². The number of carbonyl (C=O) groups excluding carboxylic acids is 1. The van der Waals surface area contributed by atoms with Gasteiger partial charge in [-0.3, -0.25) is 14.9 Å². The highest BCUT2D eigenvalue weighted by molar-refractivity contribution is 6.17. The number of hydrogen-bond donors (Lipinski definition) is 1. The first kappa shape index (κ1) is 17.2. The molecule has 0 spiro atoms. The topological polar surface area (TPSA) is 81.5 Å². The number of hydrogen-bond acceptors (Lipinski definition) is 4. The Morgan fingerprint density at radius 3 is 2.76 bits per heavy atom. The van der Waals surface area contributed by atoms with E-state index in [0.29, 0.717) is 18.3 Å². The maximum Gasteiger partial charge on any atom is 0.273 e. The lowest BCUT2D eigenvalue weighted by molar-refractivity contribution is -0.384. The Morgan fingerprint density at radius 1 is 1.52 bits per heavy atom. The molecular formula is C14H19ClN2O4. The van der Waals surface area contributed by atoms with E-state index >= 15 is 0 Å². The molecule has 0 saturated heterocycles. The van der Waals surface area contributed by atoms with Crippen molar-refractivity contribution in [3.63, 3.8) is 0 Å². The average molecular weight is 315 g/mol. The Kier molecular flexibility index (Phi) is 6.94. The van der Waals surface area contributed by atoms with Crippen LogP contribution in [-0.2, 0) is 0 Å². The lowest BCUT2D eigenvalue weighted by Crippen LogP contribution is -2.29. The number of nitro benzene ring substituents is 1. The quantitative estimate of drug-likeness (QED) is 0.454. The molecule has 21 heavy (non-hydrogen) atoms. The Bertz CT molecular complexity index is 508. The molecule has 0 aliphatic rings. The van der Waals surface area contributed by atoms with Crippen molar-refractivity contribution in [3.05, 3.63) is 33.9 Å². The van der Waals surface area contributed by atoms with Crippen LogP contribution >= 0.6 is 11.6 Å². The molecule has 1 amide bonds. The SMILES string of the molecule is CCC(CCCl)CNC(=O)c1ccc([N+](=O)[O-])cc1OC. The summed E-state index contributed by atoms with van der Waals surface area (Å²) in [4.78, 5) is 22.3. The van der Waals surface area contributed by atoms with E-state index < -0.39 is 4.92 Å². The summed E-state index contributed by atoms with van der Waals surface area (Å²) in [7, 11) is 1.37. The number of alkyl halides is 1. The second-order valence-corrected chi connectivity index (χ2v) is 4.98. The average Bonchev–Trinajstić information content (AvgIpc) is 2.50. The number of nitrogens with one attached hydrogen (secondary N) is 1. The molecule has 1 rings (SSSR count). The summed E-state index contributed by atoms with van der Waals surface area (Å²) in [6, 6.07) is 3.92. The molecule has 1 aromatic rings. The summed E-state index contributed by atoms with van der Waals surface area (Å²) >= 11 is 5.71. The van der Waals surface area contributed by atoms with Gasteiger partial charge in [-0.2, -0.15) is 0 Å². The van der Waals surface area contributed by atoms with E-state index in [2.05, 4.69) is 5.32 Å². The van der Waals surface area contributed by atoms with Crippen LogP contribution in [0.25, 0.3) is 0 Å². The first-order chi connectivity index (χ1) is 10.0. The molecule has 0 fully saturated rings. The van der Waals surface area contributed by atoms with Gasteiger partial charge in [-0.25, -0.2) is 0 Å². The maximum atomic E-state index is 12.1. The smallest absolute Gasteiger partial charge is 0.273 e. The summed E-state index contributed by atoms with van der Waals surface area (Å²) in [5, 5.41) is 13.5. The minimum atomic E-state index is -0.530. The van der Waals surface area contributed by atoms with E-state index in [1.54, 1.807) is 0 Å². The number of rotatable bonds is 8. The molecule has 0 aliphatic carbocycles. The monoisotopic (exact) mass is 314 g/mol. The first-order valence-electron chi connectivity index (χ1n) is 6.70. The zero-order chi connectivity index (χ0) is 15.8. The van der Waals surface area contributed by atoms with Crippen molar-refractivity contribution in [2.45, 2.75) is 19.8 Å². The third-order valence-electron chi connectivity index (χ3n) is 3.29. The fourth-order valence-corrected chi connectivity index (χ4v) is 2.23. The maximum absolute atomic E-state index is 12.1. The zero-order valence-corrected chi connectivity index (χ0v) is 12.9. The molecular weight excluding hydrogens is 296 g/mol. The van der Waals surface area contributed by atoms with Gasteiger partial charge >= 0.3 is 0 Å². The molecule has 0 bridgehead atoms. The van der Waals surface area contributed by atoms with Crippen LogP contribution in [0.15, 0.2) is 18.2 Å². The molecule has 7 heteroatoms. The number of halogens is 1. The molecule has 1 atom stereocenters. The van der Waals surface area contributed by atoms with E-state index in [4.69, 9.17) is 16.3 Å². The molecule has 0 heterocycles. The van der Waals surface area contributed by atoms with Gasteiger partial charge in [0.05, 0.1) is 23.7 Å². The standard InChI is InChI=1S/C14H19ClN2O4/c1-3-10(6-7-15)9-16-14(18)12-5-4-11(17(19)20)8-13(12)21-2/h4-5,8,10H,3,6-7,9H2,1-2H3,(H,16,18). The molecule has 0 aromatic heterocycles. The Morgan fingerprint density at radius 2 is 2.24 bits per heavy atom. The van der Waals surface area contributed by atoms with Crippen molar-refractivity contribution in [1.29, 1.82) is 0 Å². The summed E-state index contributed by atoms with van der Waals surface area (Å²) in [5.74, 6) is 0.743. The second-order valence-electron chi connectivity index (χ2n) is 4.60. The van der Waals surface area contributed by atoms with Crippen LogP contribution in [0.3, 0.4) is 0 Å². The van der Waals surface area contributed by atoms with Gasteiger partial charge in [-0.15, -0.1) is 11.6 Å². The molecule has 1 N–H and O–H groups in total. The Balaban J connectivity index is 2.80. The van der Waals surface area contributed by atoms with Gasteiger partial charge in [-0.1, -0.05) is 13.3 Å². The fourth-order valence-electron chi connectivity index (χ4n) is 1.92. The van der Waals surface area contributed by atoms with E-state index in [-0.39, 0.29) is 22.9 Å². The van der Waals surface area contributed by atoms with E-state index in [9.17, 15) is 14.9 Å². The lowest BCUT2D eigenvalue weighted by Gasteiger charge is -2.15. The van der Waals surface area contributed by atoms with Crippen molar-refractivity contribution in [3.8, 4) is 5.75 Å².